The van der Waals surface area contributed by atoms with Crippen LogP contribution in [-0.2, 0) is 4.74 Å². The summed E-state index contributed by atoms with van der Waals surface area (Å²) in [7, 11) is 1.57. The molecule has 1 aromatic rings. The lowest BCUT2D eigenvalue weighted by atomic mass is 9.94. The molecule has 0 unspecified atom stereocenters. The van der Waals surface area contributed by atoms with E-state index in [0.717, 1.165) is 12.1 Å². The van der Waals surface area contributed by atoms with Crippen molar-refractivity contribution in [3.8, 4) is 0 Å². The highest BCUT2D eigenvalue weighted by molar-refractivity contribution is 5.72. The predicted molar refractivity (Wildman–Crippen MR) is 73.9 cm³/mol. The first-order chi connectivity index (χ1) is 10.4. The van der Waals surface area contributed by atoms with Crippen molar-refractivity contribution in [1.82, 2.24) is 10.2 Å². The van der Waals surface area contributed by atoms with Crippen LogP contribution in [0.4, 0.5) is 18.0 Å². The number of nitrogens with two attached hydrogens (primary N) is 1. The highest BCUT2D eigenvalue weighted by Gasteiger charge is 2.35. The number of halogens is 3. The Morgan fingerprint density at radius 3 is 2.55 bits per heavy atom. The summed E-state index contributed by atoms with van der Waals surface area (Å²) in [5.41, 5.74) is 5.43. The number of urea groups is 1. The Morgan fingerprint density at radius 2 is 2.00 bits per heavy atom. The van der Waals surface area contributed by atoms with Gasteiger partial charge >= 0.3 is 6.03 Å². The summed E-state index contributed by atoms with van der Waals surface area (Å²) in [6.45, 7) is 2.02. The molecule has 22 heavy (non-hydrogen) atoms. The first-order valence-corrected chi connectivity index (χ1v) is 6.84. The second kappa shape index (κ2) is 6.97. The van der Waals surface area contributed by atoms with Gasteiger partial charge in [0.1, 0.15) is 0 Å². The average Bonchev–Trinajstić information content (AvgIpc) is 2.84. The van der Waals surface area contributed by atoms with Crippen LogP contribution in [0.3, 0.4) is 0 Å². The van der Waals surface area contributed by atoms with Crippen LogP contribution in [0.25, 0.3) is 0 Å². The van der Waals surface area contributed by atoms with Crippen molar-refractivity contribution in [2.45, 2.75) is 12.0 Å². The van der Waals surface area contributed by atoms with Crippen LogP contribution in [0, 0.1) is 17.5 Å². The monoisotopic (exact) mass is 317 g/mol. The largest absolute Gasteiger partial charge is 0.383 e. The van der Waals surface area contributed by atoms with Gasteiger partial charge in [-0.05, 0) is 17.7 Å². The molecule has 2 amide bonds. The molecule has 0 spiro atoms. The lowest BCUT2D eigenvalue weighted by Gasteiger charge is -2.19. The fourth-order valence-corrected chi connectivity index (χ4v) is 2.74. The Hall–Kier alpha value is -1.80. The second-order valence-electron chi connectivity index (χ2n) is 5.27. The molecule has 0 aliphatic carbocycles. The van der Waals surface area contributed by atoms with Crippen molar-refractivity contribution in [1.29, 1.82) is 0 Å². The summed E-state index contributed by atoms with van der Waals surface area (Å²) < 4.78 is 44.9. The molecule has 3 N–H and O–H groups in total. The number of hydrogen-bond donors (Lipinski definition) is 2. The molecule has 1 aliphatic heterocycles. The number of benzene rings is 1. The Morgan fingerprint density at radius 1 is 1.36 bits per heavy atom. The number of carbonyl (C=O) groups is 1. The summed E-state index contributed by atoms with van der Waals surface area (Å²) in [4.78, 5) is 13.1. The molecule has 8 heteroatoms. The van der Waals surface area contributed by atoms with Crippen LogP contribution < -0.4 is 11.1 Å². The Labute approximate surface area is 126 Å². The Kier molecular flexibility index (Phi) is 5.25. The Balaban J connectivity index is 2.23. The molecule has 2 rings (SSSR count). The van der Waals surface area contributed by atoms with Gasteiger partial charge in [0.2, 0.25) is 0 Å². The first kappa shape index (κ1) is 16.6. The maximum atomic E-state index is 13.4. The highest BCUT2D eigenvalue weighted by Crippen LogP contribution is 2.29. The van der Waals surface area contributed by atoms with Crippen molar-refractivity contribution in [2.24, 2.45) is 5.73 Å². The van der Waals surface area contributed by atoms with Crippen LogP contribution in [0.15, 0.2) is 12.1 Å². The topological polar surface area (TPSA) is 67.6 Å². The zero-order valence-corrected chi connectivity index (χ0v) is 12.1. The van der Waals surface area contributed by atoms with Crippen molar-refractivity contribution >= 4 is 6.03 Å². The van der Waals surface area contributed by atoms with Crippen molar-refractivity contribution in [2.75, 3.05) is 33.4 Å². The fraction of sp³-hybridized carbons (Fsp3) is 0.500. The lowest BCUT2D eigenvalue weighted by molar-refractivity contribution is 0.159. The summed E-state index contributed by atoms with van der Waals surface area (Å²) in [5.74, 6) is -4.38. The van der Waals surface area contributed by atoms with Crippen LogP contribution in [0.1, 0.15) is 11.5 Å². The molecule has 122 valence electrons. The minimum Gasteiger partial charge on any atom is -0.383 e. The van der Waals surface area contributed by atoms with Crippen LogP contribution in [0.2, 0.25) is 0 Å². The number of carbonyl (C=O) groups excluding carboxylic acids is 1. The molecular formula is C14H18F3N3O2. The molecule has 5 nitrogen and oxygen atoms in total. The number of amides is 2. The number of primary amides is 1. The quantitative estimate of drug-likeness (QED) is 0.802. The predicted octanol–water partition coefficient (Wildman–Crippen LogP) is 1.19. The molecular weight excluding hydrogens is 299 g/mol. The van der Waals surface area contributed by atoms with E-state index in [9.17, 15) is 18.0 Å². The van der Waals surface area contributed by atoms with Gasteiger partial charge in [0.15, 0.2) is 17.5 Å². The molecule has 2 atom stereocenters. The van der Waals surface area contributed by atoms with Gasteiger partial charge in [0.25, 0.3) is 0 Å². The van der Waals surface area contributed by atoms with E-state index in [4.69, 9.17) is 10.5 Å². The van der Waals surface area contributed by atoms with Gasteiger partial charge in [-0.15, -0.1) is 0 Å². The summed E-state index contributed by atoms with van der Waals surface area (Å²) in [5, 5.41) is 2.57. The van der Waals surface area contributed by atoms with E-state index in [2.05, 4.69) is 5.32 Å². The SMILES string of the molecule is COCCN1C[C@@H](NC(N)=O)[C@H](c2cc(F)c(F)c(F)c2)C1. The average molecular weight is 317 g/mol. The van der Waals surface area contributed by atoms with Gasteiger partial charge in [-0.2, -0.15) is 0 Å². The van der Waals surface area contributed by atoms with E-state index in [1.807, 2.05) is 4.90 Å². The molecule has 1 heterocycles. The minimum absolute atomic E-state index is 0.287. The van der Waals surface area contributed by atoms with Crippen LogP contribution in [0.5, 0.6) is 0 Å². The first-order valence-electron chi connectivity index (χ1n) is 6.84. The highest BCUT2D eigenvalue weighted by atomic mass is 19.2. The number of rotatable bonds is 5. The molecule has 0 aromatic heterocycles. The summed E-state index contributed by atoms with van der Waals surface area (Å²) >= 11 is 0. The van der Waals surface area contributed by atoms with E-state index in [1.54, 1.807) is 7.11 Å². The van der Waals surface area contributed by atoms with Crippen molar-refractivity contribution in [3.05, 3.63) is 35.1 Å². The van der Waals surface area contributed by atoms with Gasteiger partial charge in [0.05, 0.1) is 12.6 Å². The van der Waals surface area contributed by atoms with E-state index < -0.39 is 29.5 Å². The molecule has 0 saturated carbocycles. The third kappa shape index (κ3) is 3.69. The number of nitrogens with zero attached hydrogens (tertiary/aromatic N) is 1. The van der Waals surface area contributed by atoms with Crippen molar-refractivity contribution in [3.63, 3.8) is 0 Å². The zero-order chi connectivity index (χ0) is 16.3. The third-order valence-electron chi connectivity index (χ3n) is 3.77. The lowest BCUT2D eigenvalue weighted by Crippen LogP contribution is -2.43. The van der Waals surface area contributed by atoms with Crippen LogP contribution >= 0.6 is 0 Å². The van der Waals surface area contributed by atoms with Gasteiger partial charge in [-0.3, -0.25) is 4.90 Å². The van der Waals surface area contributed by atoms with Gasteiger partial charge in [-0.25, -0.2) is 18.0 Å². The normalized spacial score (nSPS) is 22.0. The summed E-state index contributed by atoms with van der Waals surface area (Å²) in [6.07, 6.45) is 0. The number of nitrogens with one attached hydrogen (secondary N) is 1. The third-order valence-corrected chi connectivity index (χ3v) is 3.77. The van der Waals surface area contributed by atoms with E-state index in [0.29, 0.717) is 26.2 Å². The van der Waals surface area contributed by atoms with E-state index in [-0.39, 0.29) is 11.5 Å². The zero-order valence-electron chi connectivity index (χ0n) is 12.1. The maximum absolute atomic E-state index is 13.4. The molecule has 1 saturated heterocycles. The minimum atomic E-state index is -1.50. The van der Waals surface area contributed by atoms with E-state index in [1.165, 1.54) is 0 Å². The number of likely N-dealkylation sites (tertiary alicyclic amines) is 1. The van der Waals surface area contributed by atoms with Crippen LogP contribution in [-0.4, -0.2) is 50.3 Å². The molecule has 1 aliphatic rings. The smallest absolute Gasteiger partial charge is 0.312 e. The number of hydrogen-bond acceptors (Lipinski definition) is 3. The number of ether oxygens (including phenoxy) is 1. The van der Waals surface area contributed by atoms with Gasteiger partial charge in [0, 0.05) is 32.7 Å². The molecule has 0 radical (unpaired) electrons. The maximum Gasteiger partial charge on any atom is 0.312 e. The molecule has 0 bridgehead atoms. The van der Waals surface area contributed by atoms with Crippen molar-refractivity contribution < 1.29 is 22.7 Å². The molecule has 1 aromatic carbocycles. The Bertz CT molecular complexity index is 533. The molecule has 1 fully saturated rings. The second-order valence-corrected chi connectivity index (χ2v) is 5.27. The number of methoxy groups -OCH3 is 1. The fourth-order valence-electron chi connectivity index (χ4n) is 2.74. The summed E-state index contributed by atoms with van der Waals surface area (Å²) in [6, 6.07) is 0.794. The van der Waals surface area contributed by atoms with Gasteiger partial charge < -0.3 is 15.8 Å². The van der Waals surface area contributed by atoms with Gasteiger partial charge in [-0.1, -0.05) is 0 Å². The standard InChI is InChI=1S/C14H18F3N3O2/c1-22-3-2-20-6-9(12(7-20)19-14(18)21)8-4-10(15)13(17)11(16)5-8/h4-5,9,12H,2-3,6-7H2,1H3,(H3,18,19,21)/t9-,12+/m0/s1. The van der Waals surface area contributed by atoms with E-state index >= 15 is 0 Å².